The largest absolute Gasteiger partial charge is 0.357 e. The fourth-order valence-corrected chi connectivity index (χ4v) is 5.93. The number of thioether (sulfide) groups is 1. The molecule has 2 fully saturated rings. The predicted octanol–water partition coefficient (Wildman–Crippen LogP) is 5.60. The summed E-state index contributed by atoms with van der Waals surface area (Å²) >= 11 is 6.86. The number of nitriles is 1. The maximum absolute atomic E-state index is 13.4. The minimum atomic E-state index is -0.225. The number of unbranched alkanes of at least 4 members (excludes halogenated alkanes) is 3. The second-order valence-corrected chi connectivity index (χ2v) is 10.8. The van der Waals surface area contributed by atoms with E-state index in [0.29, 0.717) is 27.9 Å². The predicted molar refractivity (Wildman–Crippen MR) is 145 cm³/mol. The fraction of sp³-hybridized carbons (Fsp3) is 0.615. The van der Waals surface area contributed by atoms with Crippen molar-refractivity contribution in [3.63, 3.8) is 0 Å². The van der Waals surface area contributed by atoms with E-state index in [1.165, 1.54) is 24.6 Å². The summed E-state index contributed by atoms with van der Waals surface area (Å²) in [5.74, 6) is 0.783. The first-order valence-corrected chi connectivity index (χ1v) is 13.8. The highest BCUT2D eigenvalue weighted by molar-refractivity contribution is 8.26. The van der Waals surface area contributed by atoms with Crippen molar-refractivity contribution >= 4 is 46.1 Å². The van der Waals surface area contributed by atoms with Gasteiger partial charge >= 0.3 is 0 Å². The number of amides is 1. The van der Waals surface area contributed by atoms with E-state index >= 15 is 0 Å². The van der Waals surface area contributed by atoms with Crippen LogP contribution in [0.25, 0.3) is 6.08 Å². The molecule has 0 bridgehead atoms. The fourth-order valence-electron chi connectivity index (χ4n) is 4.63. The first-order chi connectivity index (χ1) is 16.4. The molecule has 3 heterocycles. The number of aromatic nitrogens is 1. The van der Waals surface area contributed by atoms with Crippen LogP contribution in [0.3, 0.4) is 0 Å². The molecule has 6 nitrogen and oxygen atoms in total. The van der Waals surface area contributed by atoms with Gasteiger partial charge in [-0.1, -0.05) is 69.9 Å². The Hall–Kier alpha value is -2.11. The maximum Gasteiger partial charge on any atom is 0.270 e. The zero-order valence-corrected chi connectivity index (χ0v) is 22.3. The third-order valence-electron chi connectivity index (χ3n) is 6.62. The van der Waals surface area contributed by atoms with Crippen molar-refractivity contribution in [3.05, 3.63) is 31.9 Å². The topological polar surface area (TPSA) is 69.3 Å². The van der Waals surface area contributed by atoms with Crippen LogP contribution in [0.4, 0.5) is 5.82 Å². The van der Waals surface area contributed by atoms with Crippen LogP contribution in [0.15, 0.2) is 9.70 Å². The van der Waals surface area contributed by atoms with Gasteiger partial charge in [0.05, 0.1) is 4.91 Å². The van der Waals surface area contributed by atoms with Crippen LogP contribution in [0, 0.1) is 18.3 Å². The standard InChI is InChI=1S/C26H36N4O2S2/c1-4-6-10-16-30-25(32)22(34-26(30)33)17-20-19(3)21(18-27)24(31)29(15-7-5-2)23(20)28-13-11-8-9-12-14-28/h17H,4-16H2,1-3H3/b22-17-. The Balaban J connectivity index is 2.15. The van der Waals surface area contributed by atoms with Gasteiger partial charge in [-0.25, -0.2) is 0 Å². The van der Waals surface area contributed by atoms with Crippen LogP contribution in [0.2, 0.25) is 0 Å². The Morgan fingerprint density at radius 3 is 2.32 bits per heavy atom. The third kappa shape index (κ3) is 5.75. The summed E-state index contributed by atoms with van der Waals surface area (Å²) in [6, 6.07) is 2.14. The summed E-state index contributed by atoms with van der Waals surface area (Å²) in [6.45, 7) is 9.01. The Labute approximate surface area is 213 Å². The normalized spacial score (nSPS) is 18.0. The Morgan fingerprint density at radius 1 is 1.03 bits per heavy atom. The number of hydrogen-bond acceptors (Lipinski definition) is 6. The maximum atomic E-state index is 13.4. The number of carbonyl (C=O) groups is 1. The number of thiocarbonyl (C=S) groups is 1. The zero-order valence-electron chi connectivity index (χ0n) is 20.7. The van der Waals surface area contributed by atoms with Crippen LogP contribution in [-0.4, -0.2) is 39.3 Å². The van der Waals surface area contributed by atoms with Gasteiger partial charge in [0.25, 0.3) is 11.5 Å². The van der Waals surface area contributed by atoms with E-state index in [0.717, 1.165) is 69.4 Å². The van der Waals surface area contributed by atoms with Gasteiger partial charge in [0, 0.05) is 31.7 Å². The lowest BCUT2D eigenvalue weighted by molar-refractivity contribution is -0.122. The molecule has 8 heteroatoms. The molecule has 2 aliphatic heterocycles. The molecule has 0 saturated carbocycles. The second-order valence-electron chi connectivity index (χ2n) is 9.10. The van der Waals surface area contributed by atoms with Crippen molar-refractivity contribution in [1.29, 1.82) is 5.26 Å². The number of nitrogens with zero attached hydrogens (tertiary/aromatic N) is 4. The van der Waals surface area contributed by atoms with Gasteiger partial charge in [0.1, 0.15) is 21.8 Å². The summed E-state index contributed by atoms with van der Waals surface area (Å²) in [6.07, 6.45) is 11.3. The van der Waals surface area contributed by atoms with Crippen LogP contribution in [0.1, 0.15) is 88.3 Å². The molecule has 0 spiro atoms. The van der Waals surface area contributed by atoms with E-state index in [1.54, 1.807) is 9.47 Å². The molecule has 0 unspecified atom stereocenters. The Kier molecular flexibility index (Phi) is 9.78. The van der Waals surface area contributed by atoms with Crippen molar-refractivity contribution in [2.45, 2.75) is 85.1 Å². The second kappa shape index (κ2) is 12.6. The van der Waals surface area contributed by atoms with Gasteiger partial charge < -0.3 is 4.90 Å². The third-order valence-corrected chi connectivity index (χ3v) is 8.00. The first-order valence-electron chi connectivity index (χ1n) is 12.6. The minimum absolute atomic E-state index is 0.0721. The molecule has 2 aliphatic rings. The Bertz CT molecular complexity index is 1050. The van der Waals surface area contributed by atoms with E-state index in [1.807, 2.05) is 13.0 Å². The number of pyridine rings is 1. The highest BCUT2D eigenvalue weighted by atomic mass is 32.2. The van der Waals surface area contributed by atoms with Crippen molar-refractivity contribution in [2.75, 3.05) is 24.5 Å². The number of hydrogen-bond donors (Lipinski definition) is 0. The molecule has 0 radical (unpaired) electrons. The van der Waals surface area contributed by atoms with Gasteiger partial charge in [-0.05, 0) is 44.2 Å². The molecular weight excluding hydrogens is 464 g/mol. The van der Waals surface area contributed by atoms with Crippen LogP contribution < -0.4 is 10.5 Å². The average Bonchev–Trinajstić information content (AvgIpc) is 3.00. The van der Waals surface area contributed by atoms with E-state index in [9.17, 15) is 14.9 Å². The van der Waals surface area contributed by atoms with Crippen LogP contribution >= 0.6 is 24.0 Å². The summed E-state index contributed by atoms with van der Waals surface area (Å²) in [5, 5.41) is 9.84. The lowest BCUT2D eigenvalue weighted by Crippen LogP contribution is -2.35. The average molecular weight is 501 g/mol. The summed E-state index contributed by atoms with van der Waals surface area (Å²) < 4.78 is 2.37. The molecule has 0 atom stereocenters. The summed E-state index contributed by atoms with van der Waals surface area (Å²) in [5.41, 5.74) is 1.40. The lowest BCUT2D eigenvalue weighted by Gasteiger charge is -2.29. The van der Waals surface area contributed by atoms with Gasteiger partial charge in [-0.3, -0.25) is 19.1 Å². The quantitative estimate of drug-likeness (QED) is 0.250. The van der Waals surface area contributed by atoms with Crippen LogP contribution in [-0.2, 0) is 11.3 Å². The van der Waals surface area contributed by atoms with Gasteiger partial charge in [-0.15, -0.1) is 0 Å². The highest BCUT2D eigenvalue weighted by Crippen LogP contribution is 2.36. The molecule has 1 aromatic heterocycles. The first kappa shape index (κ1) is 26.5. The van der Waals surface area contributed by atoms with E-state index in [4.69, 9.17) is 12.2 Å². The van der Waals surface area contributed by atoms with Gasteiger partial charge in [-0.2, -0.15) is 5.26 Å². The molecule has 2 saturated heterocycles. The van der Waals surface area contributed by atoms with Crippen molar-refractivity contribution in [1.82, 2.24) is 9.47 Å². The smallest absolute Gasteiger partial charge is 0.270 e. The SMILES string of the molecule is CCCCCN1C(=O)/C(=C/c2c(C)c(C#N)c(=O)n(CCCC)c2N2CCCCCC2)SC1=S. The van der Waals surface area contributed by atoms with Crippen molar-refractivity contribution < 1.29 is 4.79 Å². The zero-order chi connectivity index (χ0) is 24.7. The van der Waals surface area contributed by atoms with Crippen LogP contribution in [0.5, 0.6) is 0 Å². The molecule has 1 amide bonds. The molecule has 1 aromatic rings. The molecular formula is C26H36N4O2S2. The van der Waals surface area contributed by atoms with Gasteiger partial charge in [0.15, 0.2) is 0 Å². The number of carbonyl (C=O) groups excluding carboxylic acids is 1. The number of rotatable bonds is 9. The highest BCUT2D eigenvalue weighted by Gasteiger charge is 2.33. The molecule has 0 aliphatic carbocycles. The molecule has 0 aromatic carbocycles. The van der Waals surface area contributed by atoms with E-state index in [2.05, 4.69) is 24.8 Å². The summed E-state index contributed by atoms with van der Waals surface area (Å²) in [7, 11) is 0. The van der Waals surface area contributed by atoms with Gasteiger partial charge in [0.2, 0.25) is 0 Å². The minimum Gasteiger partial charge on any atom is -0.357 e. The van der Waals surface area contributed by atoms with E-state index < -0.39 is 0 Å². The molecule has 34 heavy (non-hydrogen) atoms. The van der Waals surface area contributed by atoms with Crippen molar-refractivity contribution in [3.8, 4) is 6.07 Å². The summed E-state index contributed by atoms with van der Waals surface area (Å²) in [4.78, 5) is 31.2. The van der Waals surface area contributed by atoms with E-state index in [-0.39, 0.29) is 17.0 Å². The number of anilines is 1. The molecule has 3 rings (SSSR count). The molecule has 0 N–H and O–H groups in total. The van der Waals surface area contributed by atoms with Crippen molar-refractivity contribution in [2.24, 2.45) is 0 Å². The monoisotopic (exact) mass is 500 g/mol. The molecule has 184 valence electrons. The lowest BCUT2D eigenvalue weighted by atomic mass is 10.0. The Morgan fingerprint density at radius 2 is 1.71 bits per heavy atom.